The third kappa shape index (κ3) is 4.06. The second-order valence-electron chi connectivity index (χ2n) is 7.83. The minimum Gasteiger partial charge on any atom is -0.383 e. The van der Waals surface area contributed by atoms with E-state index in [2.05, 4.69) is 53.7 Å². The van der Waals surface area contributed by atoms with E-state index in [0.717, 1.165) is 29.6 Å². The average Bonchev–Trinajstić information content (AvgIpc) is 3.30. The monoisotopic (exact) mass is 426 g/mol. The molecule has 150 valence electrons. The summed E-state index contributed by atoms with van der Waals surface area (Å²) in [4.78, 5) is 10.7. The summed E-state index contributed by atoms with van der Waals surface area (Å²) in [6, 6.07) is 11.8. The number of aromatic nitrogens is 4. The number of nitrogens with two attached hydrogens (primary N) is 1. The highest BCUT2D eigenvalue weighted by atomic mass is 35.5. The number of thiophene rings is 1. The van der Waals surface area contributed by atoms with Crippen LogP contribution < -0.4 is 11.1 Å². The Bertz CT molecular complexity index is 1130. The number of benzene rings is 1. The van der Waals surface area contributed by atoms with Crippen molar-refractivity contribution >= 4 is 45.7 Å². The summed E-state index contributed by atoms with van der Waals surface area (Å²) in [5.41, 5.74) is 8.46. The molecule has 0 atom stereocenters. The first-order valence-electron chi connectivity index (χ1n) is 9.42. The molecule has 0 spiro atoms. The Labute approximate surface area is 178 Å². The molecule has 8 heteroatoms. The Kier molecular flexibility index (Phi) is 5.19. The molecule has 4 rings (SSSR count). The van der Waals surface area contributed by atoms with E-state index in [1.807, 2.05) is 24.3 Å². The maximum Gasteiger partial charge on any atom is 0.225 e. The first-order chi connectivity index (χ1) is 13.8. The molecule has 3 heterocycles. The zero-order valence-electron chi connectivity index (χ0n) is 16.6. The van der Waals surface area contributed by atoms with E-state index in [0.29, 0.717) is 22.4 Å². The van der Waals surface area contributed by atoms with Gasteiger partial charge >= 0.3 is 0 Å². The molecule has 0 aliphatic heterocycles. The van der Waals surface area contributed by atoms with Gasteiger partial charge in [0.05, 0.1) is 16.6 Å². The number of hydrogen-bond donors (Lipinski definition) is 2. The summed E-state index contributed by atoms with van der Waals surface area (Å²) < 4.78 is 1.81. The van der Waals surface area contributed by atoms with Gasteiger partial charge in [-0.05, 0) is 50.8 Å². The fourth-order valence-corrected chi connectivity index (χ4v) is 4.01. The minimum absolute atomic E-state index is 0.269. The highest BCUT2D eigenvalue weighted by Crippen LogP contribution is 2.34. The molecule has 0 aliphatic carbocycles. The van der Waals surface area contributed by atoms with Crippen molar-refractivity contribution in [3.8, 4) is 11.3 Å². The molecule has 0 unspecified atom stereocenters. The summed E-state index contributed by atoms with van der Waals surface area (Å²) in [5, 5.41) is 11.5. The molecule has 0 saturated carbocycles. The van der Waals surface area contributed by atoms with Gasteiger partial charge in [0.25, 0.3) is 0 Å². The van der Waals surface area contributed by atoms with E-state index in [-0.39, 0.29) is 5.54 Å². The zero-order chi connectivity index (χ0) is 20.6. The Morgan fingerprint density at radius 3 is 2.55 bits per heavy atom. The first-order valence-corrected chi connectivity index (χ1v) is 10.7. The van der Waals surface area contributed by atoms with E-state index >= 15 is 0 Å². The van der Waals surface area contributed by atoms with Crippen molar-refractivity contribution in [1.29, 1.82) is 0 Å². The molecule has 29 heavy (non-hydrogen) atoms. The van der Waals surface area contributed by atoms with Crippen molar-refractivity contribution in [2.45, 2.75) is 32.7 Å². The van der Waals surface area contributed by atoms with Crippen LogP contribution in [0.2, 0.25) is 5.02 Å². The Balaban J connectivity index is 1.78. The largest absolute Gasteiger partial charge is 0.383 e. The summed E-state index contributed by atoms with van der Waals surface area (Å²) in [6.45, 7) is 6.92. The van der Waals surface area contributed by atoms with Gasteiger partial charge in [-0.15, -0.1) is 16.4 Å². The van der Waals surface area contributed by atoms with Gasteiger partial charge in [-0.3, -0.25) is 0 Å². The lowest BCUT2D eigenvalue weighted by Crippen LogP contribution is -2.24. The number of rotatable bonds is 5. The number of fused-ring (bicyclic) bond motifs is 1. The summed E-state index contributed by atoms with van der Waals surface area (Å²) in [6.07, 6.45) is 0.911. The molecule has 0 fully saturated rings. The number of nitrogens with zero attached hydrogens (tertiary/aromatic N) is 4. The van der Waals surface area contributed by atoms with Gasteiger partial charge in [-0.2, -0.15) is 4.98 Å². The van der Waals surface area contributed by atoms with Crippen molar-refractivity contribution in [3.63, 3.8) is 0 Å². The number of nitrogens with one attached hydrogen (secondary N) is 1. The van der Waals surface area contributed by atoms with Crippen molar-refractivity contribution in [3.05, 3.63) is 51.7 Å². The van der Waals surface area contributed by atoms with Gasteiger partial charge in [0.2, 0.25) is 5.95 Å². The third-order valence-corrected chi connectivity index (χ3v) is 5.74. The Morgan fingerprint density at radius 1 is 1.14 bits per heavy atom. The van der Waals surface area contributed by atoms with Gasteiger partial charge in [0.1, 0.15) is 5.82 Å². The van der Waals surface area contributed by atoms with Crippen molar-refractivity contribution in [1.82, 2.24) is 19.7 Å². The first kappa shape index (κ1) is 19.7. The molecule has 0 amide bonds. The highest BCUT2D eigenvalue weighted by Gasteiger charge is 2.24. The fraction of sp³-hybridized carbons (Fsp3) is 0.286. The summed E-state index contributed by atoms with van der Waals surface area (Å²) in [5.74, 6) is 1.10. The molecule has 0 saturated heterocycles. The predicted molar refractivity (Wildman–Crippen MR) is 122 cm³/mol. The van der Waals surface area contributed by atoms with Crippen molar-refractivity contribution in [2.75, 3.05) is 17.6 Å². The summed E-state index contributed by atoms with van der Waals surface area (Å²) in [7, 11) is 0. The molecular weight excluding hydrogens is 404 g/mol. The summed E-state index contributed by atoms with van der Waals surface area (Å²) >= 11 is 7.82. The molecule has 0 aliphatic rings. The smallest absolute Gasteiger partial charge is 0.225 e. The van der Waals surface area contributed by atoms with E-state index in [9.17, 15) is 0 Å². The molecule has 0 radical (unpaired) electrons. The normalized spacial score (nSPS) is 11.9. The molecule has 0 bridgehead atoms. The quantitative estimate of drug-likeness (QED) is 0.458. The maximum atomic E-state index is 6.48. The third-order valence-electron chi connectivity index (χ3n) is 4.56. The van der Waals surface area contributed by atoms with E-state index in [1.54, 1.807) is 16.0 Å². The lowest BCUT2D eigenvalue weighted by Gasteiger charge is -2.20. The maximum absolute atomic E-state index is 6.48. The molecule has 6 nitrogen and oxygen atoms in total. The van der Waals surface area contributed by atoms with Crippen LogP contribution in [0, 0.1) is 0 Å². The van der Waals surface area contributed by atoms with Crippen LogP contribution in [0.15, 0.2) is 41.8 Å². The van der Waals surface area contributed by atoms with Crippen LogP contribution in [0.4, 0.5) is 11.8 Å². The van der Waals surface area contributed by atoms with Crippen molar-refractivity contribution < 1.29 is 0 Å². The lowest BCUT2D eigenvalue weighted by molar-refractivity contribution is 0.364. The van der Waals surface area contributed by atoms with Crippen LogP contribution in [-0.2, 0) is 12.0 Å². The van der Waals surface area contributed by atoms with Crippen molar-refractivity contribution in [2.24, 2.45) is 0 Å². The minimum atomic E-state index is -0.269. The fourth-order valence-electron chi connectivity index (χ4n) is 3.17. The lowest BCUT2D eigenvalue weighted by atomic mass is 10.1. The van der Waals surface area contributed by atoms with Crippen LogP contribution in [0.25, 0.3) is 22.3 Å². The van der Waals surface area contributed by atoms with Gasteiger partial charge in [-0.1, -0.05) is 29.8 Å². The molecular formula is C21H23ClN6S. The molecule has 1 aromatic carbocycles. The second-order valence-corrected chi connectivity index (χ2v) is 9.29. The highest BCUT2D eigenvalue weighted by molar-refractivity contribution is 7.09. The van der Waals surface area contributed by atoms with Crippen LogP contribution >= 0.6 is 22.9 Å². The van der Waals surface area contributed by atoms with Crippen LogP contribution in [0.1, 0.15) is 25.6 Å². The van der Waals surface area contributed by atoms with Crippen LogP contribution in [0.5, 0.6) is 0 Å². The SMILES string of the molecule is CC(C)(C)n1nc2nc(NCCc3cccs3)nc(-c3ccc(Cl)cc3)c2c1N. The van der Waals surface area contributed by atoms with Crippen LogP contribution in [0.3, 0.4) is 0 Å². The second kappa shape index (κ2) is 7.65. The standard InChI is InChI=1S/C21H23ClN6S/c1-21(2,3)28-18(23)16-17(13-6-8-14(22)9-7-13)25-20(26-19(16)27-28)24-11-10-15-5-4-12-29-15/h4-9,12H,10-11,23H2,1-3H3,(H,24,26,27). The van der Waals surface area contributed by atoms with Crippen LogP contribution in [-0.4, -0.2) is 26.3 Å². The van der Waals surface area contributed by atoms with E-state index < -0.39 is 0 Å². The zero-order valence-corrected chi connectivity index (χ0v) is 18.2. The van der Waals surface area contributed by atoms with Gasteiger partial charge in [0, 0.05) is 22.0 Å². The number of anilines is 2. The number of hydrogen-bond acceptors (Lipinski definition) is 6. The Hall–Kier alpha value is -2.64. The van der Waals surface area contributed by atoms with Gasteiger partial charge in [-0.25, -0.2) is 9.67 Å². The predicted octanol–water partition coefficient (Wildman–Crippen LogP) is 5.20. The average molecular weight is 427 g/mol. The van der Waals surface area contributed by atoms with Gasteiger partial charge < -0.3 is 11.1 Å². The van der Waals surface area contributed by atoms with E-state index in [1.165, 1.54) is 4.88 Å². The van der Waals surface area contributed by atoms with E-state index in [4.69, 9.17) is 22.3 Å². The molecule has 4 aromatic rings. The Morgan fingerprint density at radius 2 is 1.90 bits per heavy atom. The number of nitrogen functional groups attached to an aromatic ring is 1. The van der Waals surface area contributed by atoms with Gasteiger partial charge in [0.15, 0.2) is 5.65 Å². The molecule has 3 aromatic heterocycles. The number of halogens is 1. The molecule has 3 N–H and O–H groups in total. The topological polar surface area (TPSA) is 81.7 Å².